The van der Waals surface area contributed by atoms with Gasteiger partial charge < -0.3 is 4.74 Å². The van der Waals surface area contributed by atoms with Gasteiger partial charge >= 0.3 is 12.1 Å². The molecule has 0 aromatic carbocycles. The third-order valence-corrected chi connectivity index (χ3v) is 1.93. The quantitative estimate of drug-likeness (QED) is 0.761. The van der Waals surface area contributed by atoms with Gasteiger partial charge in [-0.3, -0.25) is 14.2 Å². The number of hydrogen-bond acceptors (Lipinski definition) is 3. The van der Waals surface area contributed by atoms with E-state index >= 15 is 0 Å². The highest BCUT2D eigenvalue weighted by Gasteiger charge is 2.34. The summed E-state index contributed by atoms with van der Waals surface area (Å²) in [6, 6.07) is 2.68. The van der Waals surface area contributed by atoms with Crippen molar-refractivity contribution in [2.24, 2.45) is 0 Å². The smallest absolute Gasteiger partial charge is 0.431 e. The molecule has 17 heavy (non-hydrogen) atoms. The lowest BCUT2D eigenvalue weighted by molar-refractivity contribution is -0.149. The highest BCUT2D eigenvalue weighted by Crippen LogP contribution is 2.27. The van der Waals surface area contributed by atoms with E-state index in [-0.39, 0.29) is 6.61 Å². The van der Waals surface area contributed by atoms with Gasteiger partial charge in [-0.1, -0.05) is 6.07 Å². The fourth-order valence-electron chi connectivity index (χ4n) is 1.27. The van der Waals surface area contributed by atoms with Crippen molar-refractivity contribution in [3.05, 3.63) is 34.2 Å². The van der Waals surface area contributed by atoms with E-state index in [4.69, 9.17) is 0 Å². The van der Waals surface area contributed by atoms with Crippen molar-refractivity contribution in [2.45, 2.75) is 19.6 Å². The monoisotopic (exact) mass is 249 g/mol. The Morgan fingerprint density at radius 3 is 2.59 bits per heavy atom. The first-order valence-corrected chi connectivity index (χ1v) is 4.79. The molecule has 0 fully saturated rings. The van der Waals surface area contributed by atoms with Crippen LogP contribution in [0.4, 0.5) is 13.2 Å². The molecular weight excluding hydrogens is 239 g/mol. The molecule has 0 radical (unpaired) electrons. The molecule has 1 heterocycles. The topological polar surface area (TPSA) is 48.3 Å². The van der Waals surface area contributed by atoms with E-state index in [0.717, 1.165) is 18.2 Å². The molecule has 0 aliphatic carbocycles. The van der Waals surface area contributed by atoms with Crippen LogP contribution in [0.3, 0.4) is 0 Å². The van der Waals surface area contributed by atoms with Gasteiger partial charge in [-0.15, -0.1) is 0 Å². The molecule has 94 valence electrons. The Hall–Kier alpha value is -1.79. The summed E-state index contributed by atoms with van der Waals surface area (Å²) in [7, 11) is 0. The number of pyridine rings is 1. The van der Waals surface area contributed by atoms with Gasteiger partial charge in [0.05, 0.1) is 6.61 Å². The third-order valence-electron chi connectivity index (χ3n) is 1.93. The second-order valence-corrected chi connectivity index (χ2v) is 3.14. The lowest BCUT2D eigenvalue weighted by Gasteiger charge is -2.13. The van der Waals surface area contributed by atoms with Crippen LogP contribution < -0.4 is 5.56 Å². The summed E-state index contributed by atoms with van der Waals surface area (Å²) < 4.78 is 42.5. The fraction of sp³-hybridized carbons (Fsp3) is 0.400. The van der Waals surface area contributed by atoms with Crippen molar-refractivity contribution in [1.82, 2.24) is 4.57 Å². The summed E-state index contributed by atoms with van der Waals surface area (Å²) in [6.45, 7) is 0.820. The van der Waals surface area contributed by atoms with Crippen LogP contribution in [0.1, 0.15) is 12.6 Å². The van der Waals surface area contributed by atoms with Crippen molar-refractivity contribution in [3.8, 4) is 0 Å². The first-order chi connectivity index (χ1) is 7.86. The average Bonchev–Trinajstić information content (AvgIpc) is 2.19. The highest BCUT2D eigenvalue weighted by molar-refractivity contribution is 5.69. The number of carbonyl (C=O) groups excluding carboxylic acids is 1. The molecule has 0 spiro atoms. The van der Waals surface area contributed by atoms with Gasteiger partial charge in [-0.25, -0.2) is 0 Å². The summed E-state index contributed by atoms with van der Waals surface area (Å²) in [5, 5.41) is 0. The van der Waals surface area contributed by atoms with Gasteiger partial charge in [-0.05, 0) is 13.0 Å². The lowest BCUT2D eigenvalue weighted by atomic mass is 10.3. The van der Waals surface area contributed by atoms with E-state index in [1.54, 1.807) is 0 Å². The molecule has 0 aliphatic rings. The molecule has 0 bridgehead atoms. The molecular formula is C10H10F3NO3. The van der Waals surface area contributed by atoms with Gasteiger partial charge in [0, 0.05) is 6.07 Å². The van der Waals surface area contributed by atoms with Crippen LogP contribution in [0, 0.1) is 0 Å². The van der Waals surface area contributed by atoms with E-state index in [1.165, 1.54) is 6.92 Å². The van der Waals surface area contributed by atoms with Crippen LogP contribution in [0.5, 0.6) is 0 Å². The van der Waals surface area contributed by atoms with Gasteiger partial charge in [0.15, 0.2) is 0 Å². The Bertz CT molecular complexity index is 465. The second-order valence-electron chi connectivity index (χ2n) is 3.14. The first-order valence-electron chi connectivity index (χ1n) is 4.79. The maximum Gasteiger partial charge on any atom is 0.431 e. The lowest BCUT2D eigenvalue weighted by Crippen LogP contribution is -2.30. The van der Waals surface area contributed by atoms with Crippen molar-refractivity contribution in [2.75, 3.05) is 6.61 Å². The molecule has 0 atom stereocenters. The van der Waals surface area contributed by atoms with Crippen LogP contribution in [0.25, 0.3) is 0 Å². The molecule has 0 amide bonds. The Balaban J connectivity index is 3.13. The van der Waals surface area contributed by atoms with E-state index in [9.17, 15) is 22.8 Å². The zero-order valence-electron chi connectivity index (χ0n) is 8.95. The Morgan fingerprint density at radius 1 is 1.41 bits per heavy atom. The standard InChI is InChI=1S/C10H10F3NO3/c1-2-17-9(16)6-14-7(10(11,12)13)4-3-5-8(14)15/h3-5H,2,6H2,1H3. The molecule has 1 aromatic heterocycles. The molecule has 0 aliphatic heterocycles. The van der Waals surface area contributed by atoms with E-state index < -0.39 is 29.9 Å². The van der Waals surface area contributed by atoms with E-state index in [0.29, 0.717) is 4.57 Å². The summed E-state index contributed by atoms with van der Waals surface area (Å²) in [5.41, 5.74) is -2.06. The van der Waals surface area contributed by atoms with Crippen molar-refractivity contribution >= 4 is 5.97 Å². The average molecular weight is 249 g/mol. The van der Waals surface area contributed by atoms with Gasteiger partial charge in [0.2, 0.25) is 0 Å². The highest BCUT2D eigenvalue weighted by atomic mass is 19.4. The minimum Gasteiger partial charge on any atom is -0.465 e. The number of ether oxygens (including phenoxy) is 1. The van der Waals surface area contributed by atoms with E-state index in [2.05, 4.69) is 4.74 Å². The maximum atomic E-state index is 12.6. The Kier molecular flexibility index (Phi) is 3.93. The summed E-state index contributed by atoms with van der Waals surface area (Å²) in [5.74, 6) is -0.883. The van der Waals surface area contributed by atoms with Crippen molar-refractivity contribution in [1.29, 1.82) is 0 Å². The number of nitrogens with zero attached hydrogens (tertiary/aromatic N) is 1. The van der Waals surface area contributed by atoms with Crippen LogP contribution in [-0.2, 0) is 22.3 Å². The van der Waals surface area contributed by atoms with E-state index in [1.807, 2.05) is 0 Å². The van der Waals surface area contributed by atoms with Crippen molar-refractivity contribution < 1.29 is 22.7 Å². The Morgan fingerprint density at radius 2 is 2.06 bits per heavy atom. The van der Waals surface area contributed by atoms with Gasteiger partial charge in [0.25, 0.3) is 5.56 Å². The largest absolute Gasteiger partial charge is 0.465 e. The summed E-state index contributed by atoms with van der Waals surface area (Å²) >= 11 is 0. The number of carbonyl (C=O) groups is 1. The molecule has 1 aromatic rings. The molecule has 0 saturated carbocycles. The normalized spacial score (nSPS) is 11.3. The molecule has 7 heteroatoms. The predicted octanol–water partition coefficient (Wildman–Crippen LogP) is 1.43. The second kappa shape index (κ2) is 5.03. The first kappa shape index (κ1) is 13.3. The number of alkyl halides is 3. The fourth-order valence-corrected chi connectivity index (χ4v) is 1.27. The molecule has 0 unspecified atom stereocenters. The van der Waals surface area contributed by atoms with Crippen LogP contribution in [0.15, 0.2) is 23.0 Å². The predicted molar refractivity (Wildman–Crippen MR) is 52.3 cm³/mol. The minimum atomic E-state index is -4.69. The molecule has 0 saturated heterocycles. The van der Waals surface area contributed by atoms with Crippen LogP contribution in [-0.4, -0.2) is 17.1 Å². The maximum absolute atomic E-state index is 12.6. The number of halogens is 3. The Labute approximate surface area is 94.6 Å². The number of rotatable bonds is 3. The summed E-state index contributed by atoms with van der Waals surface area (Å²) in [4.78, 5) is 22.4. The number of aromatic nitrogens is 1. The number of esters is 1. The van der Waals surface area contributed by atoms with Crippen LogP contribution >= 0.6 is 0 Å². The minimum absolute atomic E-state index is 0.0434. The zero-order valence-corrected chi connectivity index (χ0v) is 8.95. The molecule has 1 rings (SSSR count). The molecule has 4 nitrogen and oxygen atoms in total. The molecule has 0 N–H and O–H groups in total. The SMILES string of the molecule is CCOC(=O)Cn1c(C(F)(F)F)cccc1=O. The van der Waals surface area contributed by atoms with Crippen LogP contribution in [0.2, 0.25) is 0 Å². The number of hydrogen-bond donors (Lipinski definition) is 0. The van der Waals surface area contributed by atoms with Gasteiger partial charge in [-0.2, -0.15) is 13.2 Å². The zero-order chi connectivity index (χ0) is 13.1. The summed E-state index contributed by atoms with van der Waals surface area (Å²) in [6.07, 6.45) is -4.69. The van der Waals surface area contributed by atoms with Crippen molar-refractivity contribution in [3.63, 3.8) is 0 Å². The van der Waals surface area contributed by atoms with Gasteiger partial charge in [0.1, 0.15) is 12.2 Å². The third kappa shape index (κ3) is 3.33.